The standard InChI is InChI=1S/C47H34N6/c1-4-12-33(13-5-1)44-50-45(34-14-6-2-7-15-34)52-46(51-44)35-22-20-31(21-23-35)32-24-26-37(27-25-32)53-43-40-19-11-10-18-38(40)39-28-29-48-30-41(39)42(43)49-47(53)36-16-8-3-9-17-36/h1-10,12-18,20-30,44H,11,19H2,(H,50,51,52). The van der Waals surface area contributed by atoms with E-state index in [0.29, 0.717) is 5.84 Å². The van der Waals surface area contributed by atoms with E-state index in [0.717, 1.165) is 80.0 Å². The molecular formula is C47H34N6. The number of pyridine rings is 1. The summed E-state index contributed by atoms with van der Waals surface area (Å²) in [6.07, 6.45) is 10.1. The van der Waals surface area contributed by atoms with Crippen LogP contribution in [-0.2, 0) is 6.42 Å². The Bertz CT molecular complexity index is 2710. The van der Waals surface area contributed by atoms with Crippen LogP contribution in [0.5, 0.6) is 0 Å². The lowest BCUT2D eigenvalue weighted by atomic mass is 9.91. The number of imidazole rings is 1. The first kappa shape index (κ1) is 30.9. The summed E-state index contributed by atoms with van der Waals surface area (Å²) in [5, 5.41) is 5.82. The lowest BCUT2D eigenvalue weighted by molar-refractivity contribution is 0.674. The molecule has 0 saturated heterocycles. The first-order valence-electron chi connectivity index (χ1n) is 18.1. The van der Waals surface area contributed by atoms with Gasteiger partial charge in [-0.1, -0.05) is 140 Å². The summed E-state index contributed by atoms with van der Waals surface area (Å²) in [6, 6.07) is 50.6. The van der Waals surface area contributed by atoms with Gasteiger partial charge in [-0.3, -0.25) is 9.55 Å². The zero-order chi connectivity index (χ0) is 35.1. The molecule has 2 aromatic heterocycles. The van der Waals surface area contributed by atoms with Crippen molar-refractivity contribution in [2.75, 3.05) is 0 Å². The van der Waals surface area contributed by atoms with Crippen LogP contribution in [0, 0.1) is 0 Å². The number of aliphatic imine (C=N–C) groups is 2. The number of aromatic nitrogens is 3. The first-order chi connectivity index (χ1) is 26.3. The maximum absolute atomic E-state index is 5.35. The third-order valence-corrected chi connectivity index (χ3v) is 10.2. The molecule has 8 aromatic rings. The summed E-state index contributed by atoms with van der Waals surface area (Å²) in [5.41, 5.74) is 12.3. The zero-order valence-electron chi connectivity index (χ0n) is 28.9. The molecule has 6 nitrogen and oxygen atoms in total. The van der Waals surface area contributed by atoms with Gasteiger partial charge in [-0.15, -0.1) is 0 Å². The number of nitrogens with one attached hydrogen (secondary N) is 1. The van der Waals surface area contributed by atoms with Crippen LogP contribution in [0.1, 0.15) is 40.4 Å². The summed E-state index contributed by atoms with van der Waals surface area (Å²) < 4.78 is 2.35. The number of rotatable bonds is 6. The second kappa shape index (κ2) is 13.0. The van der Waals surface area contributed by atoms with Crippen molar-refractivity contribution < 1.29 is 0 Å². The molecule has 1 aliphatic carbocycles. The third kappa shape index (κ3) is 5.52. The van der Waals surface area contributed by atoms with E-state index in [1.807, 2.05) is 48.8 Å². The second-order valence-corrected chi connectivity index (χ2v) is 13.4. The fourth-order valence-corrected chi connectivity index (χ4v) is 7.64. The lowest BCUT2D eigenvalue weighted by Crippen LogP contribution is -2.33. The SMILES string of the molecule is C1=Cc2c(c3c(nc(-c4ccccc4)n3-c3ccc(-c4ccc(C5=NC(c6ccccc6)NC(c6ccccc6)=N5)cc4)cc3)c3cnccc23)CC1. The average Bonchev–Trinajstić information content (AvgIpc) is 3.66. The molecule has 2 aliphatic rings. The van der Waals surface area contributed by atoms with Crippen molar-refractivity contribution in [1.82, 2.24) is 19.9 Å². The second-order valence-electron chi connectivity index (χ2n) is 13.4. The van der Waals surface area contributed by atoms with Gasteiger partial charge in [0.25, 0.3) is 0 Å². The largest absolute Gasteiger partial charge is 0.344 e. The molecule has 0 spiro atoms. The van der Waals surface area contributed by atoms with Crippen molar-refractivity contribution >= 4 is 39.6 Å². The normalized spacial score (nSPS) is 15.1. The average molecular weight is 683 g/mol. The number of aryl methyl sites for hydroxylation is 1. The third-order valence-electron chi connectivity index (χ3n) is 10.2. The molecule has 10 rings (SSSR count). The van der Waals surface area contributed by atoms with Crippen molar-refractivity contribution in [3.05, 3.63) is 192 Å². The van der Waals surface area contributed by atoms with E-state index in [9.17, 15) is 0 Å². The Morgan fingerprint density at radius 1 is 0.623 bits per heavy atom. The predicted octanol–water partition coefficient (Wildman–Crippen LogP) is 10.4. The van der Waals surface area contributed by atoms with Crippen LogP contribution in [-0.4, -0.2) is 26.2 Å². The molecular weight excluding hydrogens is 649 g/mol. The van der Waals surface area contributed by atoms with Gasteiger partial charge in [0, 0.05) is 40.2 Å². The van der Waals surface area contributed by atoms with Gasteiger partial charge in [-0.25, -0.2) is 15.0 Å². The van der Waals surface area contributed by atoms with Crippen LogP contribution < -0.4 is 5.32 Å². The quantitative estimate of drug-likeness (QED) is 0.190. The monoisotopic (exact) mass is 682 g/mol. The predicted molar refractivity (Wildman–Crippen MR) is 216 cm³/mol. The van der Waals surface area contributed by atoms with Gasteiger partial charge in [-0.2, -0.15) is 0 Å². The Morgan fingerprint density at radius 3 is 2.02 bits per heavy atom. The summed E-state index contributed by atoms with van der Waals surface area (Å²) >= 11 is 0. The minimum absolute atomic E-state index is 0.234. The molecule has 1 unspecified atom stereocenters. The van der Waals surface area contributed by atoms with Crippen LogP contribution in [0.15, 0.2) is 174 Å². The Labute approximate surface area is 307 Å². The minimum atomic E-state index is -0.234. The van der Waals surface area contributed by atoms with Gasteiger partial charge in [0.1, 0.15) is 17.8 Å². The summed E-state index contributed by atoms with van der Waals surface area (Å²) in [7, 11) is 0. The molecule has 1 aliphatic heterocycles. The van der Waals surface area contributed by atoms with Crippen LogP contribution >= 0.6 is 0 Å². The maximum Gasteiger partial charge on any atom is 0.159 e. The lowest BCUT2D eigenvalue weighted by Gasteiger charge is -2.23. The fraction of sp³-hybridized carbons (Fsp3) is 0.0638. The van der Waals surface area contributed by atoms with E-state index in [-0.39, 0.29) is 6.17 Å². The van der Waals surface area contributed by atoms with Crippen molar-refractivity contribution in [2.45, 2.75) is 19.0 Å². The fourth-order valence-electron chi connectivity index (χ4n) is 7.64. The van der Waals surface area contributed by atoms with Gasteiger partial charge in [0.2, 0.25) is 0 Å². The highest BCUT2D eigenvalue weighted by Crippen LogP contribution is 2.40. The number of hydrogen-bond acceptors (Lipinski definition) is 5. The smallest absolute Gasteiger partial charge is 0.159 e. The van der Waals surface area contributed by atoms with Gasteiger partial charge in [0.05, 0.1) is 11.0 Å². The van der Waals surface area contributed by atoms with Gasteiger partial charge >= 0.3 is 0 Å². The highest BCUT2D eigenvalue weighted by molar-refractivity contribution is 6.13. The van der Waals surface area contributed by atoms with Crippen molar-refractivity contribution in [3.63, 3.8) is 0 Å². The van der Waals surface area contributed by atoms with Crippen molar-refractivity contribution in [3.8, 4) is 28.2 Å². The van der Waals surface area contributed by atoms with Crippen LogP contribution in [0.2, 0.25) is 0 Å². The van der Waals surface area contributed by atoms with E-state index in [2.05, 4.69) is 136 Å². The van der Waals surface area contributed by atoms with Crippen molar-refractivity contribution in [2.24, 2.45) is 9.98 Å². The van der Waals surface area contributed by atoms with Crippen LogP contribution in [0.25, 0.3) is 56.1 Å². The molecule has 6 heteroatoms. The Morgan fingerprint density at radius 2 is 1.28 bits per heavy atom. The number of allylic oxidation sites excluding steroid dienone is 1. The number of benzene rings is 6. The number of fused-ring (bicyclic) bond motifs is 6. The summed E-state index contributed by atoms with van der Waals surface area (Å²) in [4.78, 5) is 19.9. The topological polar surface area (TPSA) is 67.5 Å². The maximum atomic E-state index is 5.35. The van der Waals surface area contributed by atoms with Crippen LogP contribution in [0.3, 0.4) is 0 Å². The molecule has 252 valence electrons. The number of hydrogen-bond donors (Lipinski definition) is 1. The molecule has 0 radical (unpaired) electrons. The van der Waals surface area contributed by atoms with Gasteiger partial charge in [-0.05, 0) is 64.2 Å². The summed E-state index contributed by atoms with van der Waals surface area (Å²) in [5.74, 6) is 2.45. The molecule has 53 heavy (non-hydrogen) atoms. The Balaban J connectivity index is 1.04. The first-order valence-corrected chi connectivity index (χ1v) is 18.1. The highest BCUT2D eigenvalue weighted by atomic mass is 15.2. The number of nitrogens with zero attached hydrogens (tertiary/aromatic N) is 5. The molecule has 0 bridgehead atoms. The molecule has 0 amide bonds. The van der Waals surface area contributed by atoms with Crippen LogP contribution in [0.4, 0.5) is 0 Å². The van der Waals surface area contributed by atoms with E-state index in [4.69, 9.17) is 15.0 Å². The van der Waals surface area contributed by atoms with Gasteiger partial charge < -0.3 is 5.32 Å². The van der Waals surface area contributed by atoms with Crippen molar-refractivity contribution in [1.29, 1.82) is 0 Å². The minimum Gasteiger partial charge on any atom is -0.344 e. The molecule has 0 saturated carbocycles. The molecule has 6 aromatic carbocycles. The summed E-state index contributed by atoms with van der Waals surface area (Å²) in [6.45, 7) is 0. The van der Waals surface area contributed by atoms with E-state index < -0.39 is 0 Å². The molecule has 1 atom stereocenters. The van der Waals surface area contributed by atoms with E-state index >= 15 is 0 Å². The Kier molecular flexibility index (Phi) is 7.57. The van der Waals surface area contributed by atoms with E-state index in [1.165, 1.54) is 16.5 Å². The Hall–Kier alpha value is -6.92. The molecule has 1 N–H and O–H groups in total. The zero-order valence-corrected chi connectivity index (χ0v) is 28.9. The number of amidine groups is 2. The van der Waals surface area contributed by atoms with Gasteiger partial charge in [0.15, 0.2) is 5.84 Å². The highest BCUT2D eigenvalue weighted by Gasteiger charge is 2.24. The molecule has 0 fully saturated rings. The van der Waals surface area contributed by atoms with E-state index in [1.54, 1.807) is 0 Å². The molecule has 3 heterocycles.